The molecule has 0 aromatic heterocycles. The first-order valence-corrected chi connectivity index (χ1v) is 8.65. The van der Waals surface area contributed by atoms with E-state index in [1.807, 2.05) is 60.7 Å². The summed E-state index contributed by atoms with van der Waals surface area (Å²) in [6.07, 6.45) is 1.56. The van der Waals surface area contributed by atoms with E-state index in [0.717, 1.165) is 21.3 Å². The molecule has 2 aromatic carbocycles. The highest BCUT2D eigenvalue weighted by molar-refractivity contribution is 9.10. The van der Waals surface area contributed by atoms with Gasteiger partial charge in [-0.1, -0.05) is 58.4 Å². The van der Waals surface area contributed by atoms with Crippen LogP contribution in [-0.2, 0) is 9.59 Å². The van der Waals surface area contributed by atoms with Crippen LogP contribution in [0.5, 0.6) is 0 Å². The average Bonchev–Trinajstić information content (AvgIpc) is 3.06. The molecule has 0 spiro atoms. The number of carbonyl (C=O) groups excluding carboxylic acids is 2. The minimum atomic E-state index is -1.23. The summed E-state index contributed by atoms with van der Waals surface area (Å²) in [4.78, 5) is 23.2. The van der Waals surface area contributed by atoms with E-state index in [0.29, 0.717) is 0 Å². The van der Waals surface area contributed by atoms with Crippen LogP contribution in [0.2, 0.25) is 0 Å². The van der Waals surface area contributed by atoms with Crippen molar-refractivity contribution < 1.29 is 14.7 Å². The van der Waals surface area contributed by atoms with Gasteiger partial charge in [-0.25, -0.2) is 5.01 Å². The first-order chi connectivity index (χ1) is 12.0. The third-order valence-electron chi connectivity index (χ3n) is 3.95. The Morgan fingerprint density at radius 2 is 1.72 bits per heavy atom. The minimum Gasteiger partial charge on any atom is -0.550 e. The van der Waals surface area contributed by atoms with Crippen LogP contribution in [-0.4, -0.2) is 16.9 Å². The maximum Gasteiger partial charge on any atom is 0.242 e. The molecule has 0 bridgehead atoms. The zero-order valence-electron chi connectivity index (χ0n) is 13.3. The van der Waals surface area contributed by atoms with Crippen molar-refractivity contribution in [2.75, 3.05) is 0 Å². The van der Waals surface area contributed by atoms with Crippen molar-refractivity contribution in [2.24, 2.45) is 0 Å². The summed E-state index contributed by atoms with van der Waals surface area (Å²) in [5.74, 6) is -1.52. The summed E-state index contributed by atoms with van der Waals surface area (Å²) >= 11 is 3.41. The summed E-state index contributed by atoms with van der Waals surface area (Å²) in [7, 11) is 0. The van der Waals surface area contributed by atoms with Gasteiger partial charge in [0.1, 0.15) is 0 Å². The molecule has 1 N–H and O–H groups in total. The molecule has 0 radical (unpaired) electrons. The molecule has 5 nitrogen and oxygen atoms in total. The van der Waals surface area contributed by atoms with Gasteiger partial charge in [-0.3, -0.25) is 10.2 Å². The van der Waals surface area contributed by atoms with Gasteiger partial charge in [0.05, 0.1) is 11.7 Å². The van der Waals surface area contributed by atoms with E-state index in [2.05, 4.69) is 21.4 Å². The topological polar surface area (TPSA) is 72.5 Å². The highest BCUT2D eigenvalue weighted by atomic mass is 79.9. The van der Waals surface area contributed by atoms with Crippen LogP contribution in [0.1, 0.15) is 30.0 Å². The molecule has 128 valence electrons. The molecule has 0 fully saturated rings. The van der Waals surface area contributed by atoms with Crippen molar-refractivity contribution >= 4 is 33.5 Å². The second-order valence-electron chi connectivity index (χ2n) is 5.69. The van der Waals surface area contributed by atoms with E-state index >= 15 is 0 Å². The van der Waals surface area contributed by atoms with E-state index in [4.69, 9.17) is 0 Å². The molecule has 25 heavy (non-hydrogen) atoms. The largest absolute Gasteiger partial charge is 0.550 e. The number of hydrogen-bond donors (Lipinski definition) is 1. The van der Waals surface area contributed by atoms with Crippen LogP contribution >= 0.6 is 15.9 Å². The number of aliphatic carboxylic acids is 1. The second kappa shape index (κ2) is 7.53. The summed E-state index contributed by atoms with van der Waals surface area (Å²) in [5.41, 5.74) is 5.82. The second-order valence-corrected chi connectivity index (χ2v) is 6.61. The van der Waals surface area contributed by atoms with Crippen LogP contribution in [0.4, 0.5) is 0 Å². The van der Waals surface area contributed by atoms with Crippen molar-refractivity contribution in [3.8, 4) is 0 Å². The monoisotopic (exact) mass is 399 g/mol. The minimum absolute atomic E-state index is 0.111. The number of amides is 1. The molecule has 1 unspecified atom stereocenters. The molecule has 3 rings (SSSR count). The van der Waals surface area contributed by atoms with E-state index in [1.165, 1.54) is 5.01 Å². The lowest BCUT2D eigenvalue weighted by Gasteiger charge is -2.25. The number of carboxylic acid groups (broad SMARTS) is 1. The van der Waals surface area contributed by atoms with Gasteiger partial charge in [-0.05, 0) is 35.8 Å². The lowest BCUT2D eigenvalue weighted by Crippen LogP contribution is -2.40. The Balaban J connectivity index is 1.88. The van der Waals surface area contributed by atoms with Crippen LogP contribution in [0, 0.1) is 0 Å². The van der Waals surface area contributed by atoms with Crippen molar-refractivity contribution in [3.05, 3.63) is 76.3 Å². The first-order valence-electron chi connectivity index (χ1n) is 7.86. The highest BCUT2D eigenvalue weighted by Crippen LogP contribution is 2.32. The maximum atomic E-state index is 12.5. The Bertz CT molecular complexity index is 803. The lowest BCUT2D eigenvalue weighted by atomic mass is 10.0. The van der Waals surface area contributed by atoms with Crippen LogP contribution in [0.3, 0.4) is 0 Å². The SMILES string of the molecule is O=C([O-])CCC(=O)N1NC(c2ccc(Br)cc2)=CC1c1ccccc1. The van der Waals surface area contributed by atoms with Gasteiger partial charge in [0.15, 0.2) is 0 Å². The Kier molecular flexibility index (Phi) is 5.19. The molecule has 1 aliphatic heterocycles. The third-order valence-corrected chi connectivity index (χ3v) is 4.48. The van der Waals surface area contributed by atoms with E-state index in [1.54, 1.807) is 0 Å². The van der Waals surface area contributed by atoms with Gasteiger partial charge in [-0.2, -0.15) is 0 Å². The number of hydrogen-bond acceptors (Lipinski definition) is 4. The average molecular weight is 400 g/mol. The quantitative estimate of drug-likeness (QED) is 0.837. The first kappa shape index (κ1) is 17.2. The Morgan fingerprint density at radius 3 is 2.36 bits per heavy atom. The van der Waals surface area contributed by atoms with Crippen LogP contribution in [0.15, 0.2) is 65.1 Å². The van der Waals surface area contributed by atoms with Gasteiger partial charge in [0.25, 0.3) is 0 Å². The molecule has 0 aliphatic carbocycles. The van der Waals surface area contributed by atoms with Crippen LogP contribution in [0.25, 0.3) is 5.70 Å². The zero-order chi connectivity index (χ0) is 17.8. The predicted molar refractivity (Wildman–Crippen MR) is 95.5 cm³/mol. The Labute approximate surface area is 154 Å². The molecule has 1 heterocycles. The van der Waals surface area contributed by atoms with E-state index < -0.39 is 5.97 Å². The summed E-state index contributed by atoms with van der Waals surface area (Å²) in [6.45, 7) is 0. The molecule has 2 aromatic rings. The molecule has 0 saturated heterocycles. The number of halogens is 1. The maximum absolute atomic E-state index is 12.5. The van der Waals surface area contributed by atoms with E-state index in [-0.39, 0.29) is 24.8 Å². The molecule has 0 saturated carbocycles. The third kappa shape index (κ3) is 4.09. The Morgan fingerprint density at radius 1 is 1.04 bits per heavy atom. The molecular weight excluding hydrogens is 384 g/mol. The van der Waals surface area contributed by atoms with Gasteiger partial charge < -0.3 is 9.90 Å². The normalized spacial score (nSPS) is 16.3. The number of rotatable bonds is 5. The molecule has 1 aliphatic rings. The number of nitrogens with zero attached hydrogens (tertiary/aromatic N) is 1. The number of hydrazine groups is 1. The summed E-state index contributed by atoms with van der Waals surface area (Å²) < 4.78 is 0.969. The number of carboxylic acids is 1. The van der Waals surface area contributed by atoms with Crippen molar-refractivity contribution in [2.45, 2.75) is 18.9 Å². The number of nitrogens with one attached hydrogen (secondary N) is 1. The van der Waals surface area contributed by atoms with Crippen LogP contribution < -0.4 is 10.5 Å². The van der Waals surface area contributed by atoms with Gasteiger partial charge in [-0.15, -0.1) is 0 Å². The molecule has 6 heteroatoms. The van der Waals surface area contributed by atoms with Crippen molar-refractivity contribution in [1.82, 2.24) is 10.4 Å². The van der Waals surface area contributed by atoms with E-state index in [9.17, 15) is 14.7 Å². The fourth-order valence-corrected chi connectivity index (χ4v) is 2.97. The molecular formula is C19H16BrN2O3-. The number of benzene rings is 2. The fraction of sp³-hybridized carbons (Fsp3) is 0.158. The van der Waals surface area contributed by atoms with Crippen molar-refractivity contribution in [1.29, 1.82) is 0 Å². The fourth-order valence-electron chi connectivity index (χ4n) is 2.70. The van der Waals surface area contributed by atoms with Gasteiger partial charge in [0, 0.05) is 16.9 Å². The highest BCUT2D eigenvalue weighted by Gasteiger charge is 2.30. The predicted octanol–water partition coefficient (Wildman–Crippen LogP) is 2.41. The Hall–Kier alpha value is -2.60. The smallest absolute Gasteiger partial charge is 0.242 e. The van der Waals surface area contributed by atoms with Gasteiger partial charge >= 0.3 is 0 Å². The standard InChI is InChI=1S/C19H17BrN2O3/c20-15-8-6-13(7-9-15)16-12-17(14-4-2-1-3-5-14)22(21-16)18(23)10-11-19(24)25/h1-9,12,17,21H,10-11H2,(H,24,25)/p-1. The lowest BCUT2D eigenvalue weighted by molar-refractivity contribution is -0.305. The van der Waals surface area contributed by atoms with Gasteiger partial charge in [0.2, 0.25) is 5.91 Å². The van der Waals surface area contributed by atoms with Crippen molar-refractivity contribution in [3.63, 3.8) is 0 Å². The molecule has 1 atom stereocenters. The summed E-state index contributed by atoms with van der Waals surface area (Å²) in [6, 6.07) is 17.0. The summed E-state index contributed by atoms with van der Waals surface area (Å²) in [5, 5.41) is 12.1. The zero-order valence-corrected chi connectivity index (χ0v) is 14.9. The number of carbonyl (C=O) groups is 2. The molecule has 1 amide bonds.